The minimum Gasteiger partial charge on any atom is -0.467 e. The Hall–Kier alpha value is -2.08. The number of carbonyl (C=O) groups excluding carboxylic acids is 2. The highest BCUT2D eigenvalue weighted by atomic mass is 16.6. The molecule has 0 saturated carbocycles. The molecule has 0 unspecified atom stereocenters. The van der Waals surface area contributed by atoms with E-state index in [0.717, 1.165) is 5.56 Å². The average molecular weight is 293 g/mol. The zero-order chi connectivity index (χ0) is 15.2. The predicted octanol–water partition coefficient (Wildman–Crippen LogP) is 1.18. The number of hydrogen-bond donors (Lipinski definition) is 1. The number of rotatable bonds is 4. The molecule has 1 amide bonds. The Labute approximate surface area is 123 Å². The van der Waals surface area contributed by atoms with Gasteiger partial charge in [0.2, 0.25) is 0 Å². The number of methoxy groups -OCH3 is 1. The van der Waals surface area contributed by atoms with Crippen LogP contribution in [0.4, 0.5) is 4.79 Å². The van der Waals surface area contributed by atoms with E-state index in [0.29, 0.717) is 13.0 Å². The van der Waals surface area contributed by atoms with Gasteiger partial charge < -0.3 is 14.6 Å². The third-order valence-electron chi connectivity index (χ3n) is 3.56. The number of hydrogen-bond acceptors (Lipinski definition) is 5. The molecule has 0 spiro atoms. The van der Waals surface area contributed by atoms with E-state index < -0.39 is 18.1 Å². The minimum atomic E-state index is -0.685. The first-order chi connectivity index (χ1) is 10.2. The van der Waals surface area contributed by atoms with Gasteiger partial charge in [0, 0.05) is 19.1 Å². The van der Waals surface area contributed by atoms with E-state index in [1.54, 1.807) is 0 Å². The average Bonchev–Trinajstić information content (AvgIpc) is 2.97. The lowest BCUT2D eigenvalue weighted by Crippen LogP contribution is -2.41. The maximum Gasteiger partial charge on any atom is 0.410 e. The summed E-state index contributed by atoms with van der Waals surface area (Å²) in [6.07, 6.45) is -0.172. The normalized spacial score (nSPS) is 21.1. The third kappa shape index (κ3) is 3.72. The second-order valence-corrected chi connectivity index (χ2v) is 5.02. The molecule has 0 radical (unpaired) electrons. The summed E-state index contributed by atoms with van der Waals surface area (Å²) in [4.78, 5) is 25.2. The Morgan fingerprint density at radius 3 is 2.67 bits per heavy atom. The highest BCUT2D eigenvalue weighted by Crippen LogP contribution is 2.24. The summed E-state index contributed by atoms with van der Waals surface area (Å²) in [6.45, 7) is 0.369. The Bertz CT molecular complexity index is 490. The van der Waals surface area contributed by atoms with Gasteiger partial charge in [-0.3, -0.25) is 4.90 Å². The number of aliphatic hydroxyl groups excluding tert-OH is 1. The number of esters is 1. The van der Waals surface area contributed by atoms with Crippen molar-refractivity contribution in [2.75, 3.05) is 20.3 Å². The molecule has 21 heavy (non-hydrogen) atoms. The van der Waals surface area contributed by atoms with Crippen molar-refractivity contribution in [3.8, 4) is 0 Å². The molecule has 1 aromatic rings. The van der Waals surface area contributed by atoms with Crippen molar-refractivity contribution in [3.05, 3.63) is 35.9 Å². The molecule has 1 aliphatic rings. The van der Waals surface area contributed by atoms with Gasteiger partial charge in [0.15, 0.2) is 0 Å². The van der Waals surface area contributed by atoms with Crippen LogP contribution in [-0.4, -0.2) is 48.4 Å². The Kier molecular flexibility index (Phi) is 5.16. The van der Waals surface area contributed by atoms with Crippen molar-refractivity contribution in [2.24, 2.45) is 5.92 Å². The van der Waals surface area contributed by atoms with E-state index in [2.05, 4.69) is 0 Å². The molecule has 114 valence electrons. The van der Waals surface area contributed by atoms with Gasteiger partial charge in [0.25, 0.3) is 0 Å². The van der Waals surface area contributed by atoms with Gasteiger partial charge in [-0.1, -0.05) is 30.3 Å². The molecular weight excluding hydrogens is 274 g/mol. The van der Waals surface area contributed by atoms with Crippen molar-refractivity contribution in [3.63, 3.8) is 0 Å². The topological polar surface area (TPSA) is 76.1 Å². The Balaban J connectivity index is 1.97. The summed E-state index contributed by atoms with van der Waals surface area (Å²) in [7, 11) is 1.28. The Morgan fingerprint density at radius 1 is 1.33 bits per heavy atom. The van der Waals surface area contributed by atoms with Crippen LogP contribution in [0.5, 0.6) is 0 Å². The van der Waals surface area contributed by atoms with Gasteiger partial charge in [0.05, 0.1) is 7.11 Å². The van der Waals surface area contributed by atoms with E-state index in [-0.39, 0.29) is 19.1 Å². The van der Waals surface area contributed by atoms with Crippen LogP contribution in [-0.2, 0) is 20.9 Å². The number of likely N-dealkylation sites (tertiary alicyclic amines) is 1. The maximum atomic E-state index is 12.1. The van der Waals surface area contributed by atoms with Crippen molar-refractivity contribution >= 4 is 12.1 Å². The van der Waals surface area contributed by atoms with Crippen LogP contribution in [0, 0.1) is 5.92 Å². The quantitative estimate of drug-likeness (QED) is 0.844. The highest BCUT2D eigenvalue weighted by Gasteiger charge is 2.40. The highest BCUT2D eigenvalue weighted by molar-refractivity contribution is 5.82. The largest absolute Gasteiger partial charge is 0.467 e. The van der Waals surface area contributed by atoms with Crippen molar-refractivity contribution in [1.29, 1.82) is 0 Å². The smallest absolute Gasteiger partial charge is 0.410 e. The summed E-state index contributed by atoms with van der Waals surface area (Å²) in [5.41, 5.74) is 0.873. The summed E-state index contributed by atoms with van der Waals surface area (Å²) in [5.74, 6) is -0.610. The summed E-state index contributed by atoms with van der Waals surface area (Å²) < 4.78 is 9.93. The van der Waals surface area contributed by atoms with Crippen molar-refractivity contribution in [2.45, 2.75) is 19.1 Å². The van der Waals surface area contributed by atoms with Crippen LogP contribution < -0.4 is 0 Å². The van der Waals surface area contributed by atoms with Crippen LogP contribution >= 0.6 is 0 Å². The number of carbonyl (C=O) groups is 2. The second kappa shape index (κ2) is 7.08. The molecule has 0 aromatic heterocycles. The number of ether oxygens (including phenoxy) is 2. The van der Waals surface area contributed by atoms with E-state index in [9.17, 15) is 14.7 Å². The molecule has 2 atom stereocenters. The molecule has 2 rings (SSSR count). The van der Waals surface area contributed by atoms with Gasteiger partial charge in [-0.2, -0.15) is 0 Å². The Morgan fingerprint density at radius 2 is 2.05 bits per heavy atom. The lowest BCUT2D eigenvalue weighted by Gasteiger charge is -2.22. The van der Waals surface area contributed by atoms with Crippen molar-refractivity contribution in [1.82, 2.24) is 4.90 Å². The fraction of sp³-hybridized carbons (Fsp3) is 0.467. The van der Waals surface area contributed by atoms with Gasteiger partial charge in [-0.05, 0) is 12.0 Å². The van der Waals surface area contributed by atoms with E-state index in [4.69, 9.17) is 9.47 Å². The molecule has 1 aliphatic heterocycles. The van der Waals surface area contributed by atoms with Crippen LogP contribution in [0.2, 0.25) is 0 Å². The summed E-state index contributed by atoms with van der Waals surface area (Å²) in [5, 5.41) is 9.21. The molecule has 0 bridgehead atoms. The molecule has 1 saturated heterocycles. The molecule has 1 N–H and O–H groups in total. The monoisotopic (exact) mass is 293 g/mol. The summed E-state index contributed by atoms with van der Waals surface area (Å²) in [6, 6.07) is 8.62. The van der Waals surface area contributed by atoms with Gasteiger partial charge in [-0.25, -0.2) is 9.59 Å². The molecule has 1 fully saturated rings. The zero-order valence-corrected chi connectivity index (χ0v) is 11.9. The van der Waals surface area contributed by atoms with Crippen LogP contribution in [0.25, 0.3) is 0 Å². The first-order valence-electron chi connectivity index (χ1n) is 6.81. The van der Waals surface area contributed by atoms with Gasteiger partial charge >= 0.3 is 12.1 Å². The van der Waals surface area contributed by atoms with Crippen LogP contribution in [0.1, 0.15) is 12.0 Å². The summed E-state index contributed by atoms with van der Waals surface area (Å²) >= 11 is 0. The SMILES string of the molecule is COC(=O)[C@@H]1C[C@H](CO)CN1C(=O)OCc1ccccc1. The van der Waals surface area contributed by atoms with E-state index in [1.165, 1.54) is 12.0 Å². The van der Waals surface area contributed by atoms with Crippen LogP contribution in [0.3, 0.4) is 0 Å². The molecule has 0 aliphatic carbocycles. The first kappa shape index (κ1) is 15.3. The number of nitrogens with zero attached hydrogens (tertiary/aromatic N) is 1. The fourth-order valence-corrected chi connectivity index (χ4v) is 2.42. The van der Waals surface area contributed by atoms with Gasteiger partial charge in [0.1, 0.15) is 12.6 Å². The maximum absolute atomic E-state index is 12.1. The third-order valence-corrected chi connectivity index (χ3v) is 3.56. The number of benzene rings is 1. The van der Waals surface area contributed by atoms with Crippen molar-refractivity contribution < 1.29 is 24.2 Å². The van der Waals surface area contributed by atoms with Gasteiger partial charge in [-0.15, -0.1) is 0 Å². The zero-order valence-electron chi connectivity index (χ0n) is 11.9. The molecular formula is C15H19NO5. The lowest BCUT2D eigenvalue weighted by molar-refractivity contribution is -0.145. The van der Waals surface area contributed by atoms with Crippen LogP contribution in [0.15, 0.2) is 30.3 Å². The lowest BCUT2D eigenvalue weighted by atomic mass is 10.1. The predicted molar refractivity (Wildman–Crippen MR) is 74.3 cm³/mol. The molecule has 1 heterocycles. The standard InChI is InChI=1S/C15H19NO5/c1-20-14(18)13-7-12(9-17)8-16(13)15(19)21-10-11-5-3-2-4-6-11/h2-6,12-13,17H,7-10H2,1H3/t12-,13-/m0/s1. The molecule has 1 aromatic carbocycles. The molecule has 6 heteroatoms. The number of amides is 1. The number of aliphatic hydroxyl groups is 1. The second-order valence-electron chi connectivity index (χ2n) is 5.02. The fourth-order valence-electron chi connectivity index (χ4n) is 2.42. The first-order valence-corrected chi connectivity index (χ1v) is 6.81. The van der Waals surface area contributed by atoms with E-state index >= 15 is 0 Å². The van der Waals surface area contributed by atoms with E-state index in [1.807, 2.05) is 30.3 Å². The minimum absolute atomic E-state index is 0.0735. The molecule has 6 nitrogen and oxygen atoms in total.